The molecular formula is C8H10F3NO. The molecule has 5 heteroatoms. The number of allylic oxidation sites excluding steroid dienone is 1. The van der Waals surface area contributed by atoms with E-state index in [1.54, 1.807) is 19.1 Å². The lowest BCUT2D eigenvalue weighted by atomic mass is 10.2. The molecule has 0 fully saturated rings. The summed E-state index contributed by atoms with van der Waals surface area (Å²) in [4.78, 5) is 0. The van der Waals surface area contributed by atoms with Gasteiger partial charge in [-0.3, -0.25) is 0 Å². The van der Waals surface area contributed by atoms with Crippen LogP contribution in [0.2, 0.25) is 0 Å². The van der Waals surface area contributed by atoms with Crippen LogP contribution in [-0.4, -0.2) is 19.4 Å². The fourth-order valence-electron chi connectivity index (χ4n) is 0.555. The van der Waals surface area contributed by atoms with Gasteiger partial charge in [0.25, 0.3) is 0 Å². The zero-order chi connectivity index (χ0) is 10.3. The molecule has 0 saturated heterocycles. The predicted molar refractivity (Wildman–Crippen MR) is 40.8 cm³/mol. The van der Waals surface area contributed by atoms with Gasteiger partial charge >= 0.3 is 6.18 Å². The number of hydrogen-bond donors (Lipinski definition) is 0. The van der Waals surface area contributed by atoms with Gasteiger partial charge in [-0.2, -0.15) is 18.4 Å². The van der Waals surface area contributed by atoms with Crippen molar-refractivity contribution in [3.63, 3.8) is 0 Å². The van der Waals surface area contributed by atoms with E-state index in [0.29, 0.717) is 0 Å². The average molecular weight is 193 g/mol. The Labute approximate surface area is 74.6 Å². The lowest BCUT2D eigenvalue weighted by Crippen LogP contribution is -2.26. The van der Waals surface area contributed by atoms with Crippen LogP contribution in [0.25, 0.3) is 0 Å². The maximum Gasteiger partial charge on any atom is 0.406 e. The molecule has 0 aromatic carbocycles. The van der Waals surface area contributed by atoms with Crippen molar-refractivity contribution in [3.05, 3.63) is 12.2 Å². The lowest BCUT2D eigenvalue weighted by Gasteiger charge is -2.12. The number of nitriles is 1. The molecule has 0 saturated carbocycles. The first-order chi connectivity index (χ1) is 6.02. The minimum Gasteiger partial charge on any atom is -0.376 e. The highest BCUT2D eigenvalue weighted by atomic mass is 19.4. The monoisotopic (exact) mass is 193 g/mol. The van der Waals surface area contributed by atoms with Crippen molar-refractivity contribution in [3.8, 4) is 6.07 Å². The molecule has 2 nitrogen and oxygen atoms in total. The Hall–Kier alpha value is -1.02. The average Bonchev–Trinajstić information content (AvgIpc) is 2.02. The van der Waals surface area contributed by atoms with E-state index in [2.05, 4.69) is 4.74 Å². The first-order valence-electron chi connectivity index (χ1n) is 3.67. The van der Waals surface area contributed by atoms with Gasteiger partial charge in [-0.1, -0.05) is 12.2 Å². The van der Waals surface area contributed by atoms with Gasteiger partial charge < -0.3 is 4.74 Å². The minimum absolute atomic E-state index is 0.102. The quantitative estimate of drug-likeness (QED) is 0.507. The van der Waals surface area contributed by atoms with Crippen LogP contribution < -0.4 is 0 Å². The van der Waals surface area contributed by atoms with E-state index in [4.69, 9.17) is 5.26 Å². The second kappa shape index (κ2) is 5.60. The van der Waals surface area contributed by atoms with E-state index in [0.717, 1.165) is 6.07 Å². The van der Waals surface area contributed by atoms with Crippen LogP contribution in [0, 0.1) is 17.2 Å². The third-order valence-corrected chi connectivity index (χ3v) is 1.29. The van der Waals surface area contributed by atoms with Crippen molar-refractivity contribution in [2.45, 2.75) is 13.1 Å². The summed E-state index contributed by atoms with van der Waals surface area (Å²) < 4.78 is 40.4. The Kier molecular flexibility index (Phi) is 5.16. The van der Waals surface area contributed by atoms with E-state index in [-0.39, 0.29) is 6.61 Å². The lowest BCUT2D eigenvalue weighted by molar-refractivity contribution is -0.170. The molecule has 0 aliphatic heterocycles. The molecule has 1 atom stereocenters. The van der Waals surface area contributed by atoms with E-state index >= 15 is 0 Å². The van der Waals surface area contributed by atoms with E-state index in [9.17, 15) is 13.2 Å². The maximum absolute atomic E-state index is 11.9. The van der Waals surface area contributed by atoms with Crippen molar-refractivity contribution < 1.29 is 17.9 Å². The van der Waals surface area contributed by atoms with E-state index in [1.165, 1.54) is 0 Å². The van der Waals surface area contributed by atoms with E-state index in [1.807, 2.05) is 0 Å². The number of ether oxygens (including phenoxy) is 1. The number of hydrogen-bond acceptors (Lipinski definition) is 2. The smallest absolute Gasteiger partial charge is 0.376 e. The molecule has 1 unspecified atom stereocenters. The molecule has 0 radical (unpaired) electrons. The fraction of sp³-hybridized carbons (Fsp3) is 0.625. The molecule has 0 heterocycles. The Morgan fingerprint density at radius 3 is 2.54 bits per heavy atom. The van der Waals surface area contributed by atoms with Crippen molar-refractivity contribution in [2.24, 2.45) is 5.92 Å². The molecule has 74 valence electrons. The van der Waals surface area contributed by atoms with Crippen LogP contribution in [-0.2, 0) is 4.74 Å². The minimum atomic E-state index is -4.50. The third-order valence-electron chi connectivity index (χ3n) is 1.29. The van der Waals surface area contributed by atoms with Crippen molar-refractivity contribution in [2.75, 3.05) is 13.2 Å². The summed E-state index contributed by atoms with van der Waals surface area (Å²) in [5.41, 5.74) is 0. The number of nitrogens with zero attached hydrogens (tertiary/aromatic N) is 1. The van der Waals surface area contributed by atoms with Gasteiger partial charge in [-0.25, -0.2) is 0 Å². The van der Waals surface area contributed by atoms with Crippen LogP contribution in [0.4, 0.5) is 13.2 Å². The Morgan fingerprint density at radius 1 is 1.54 bits per heavy atom. The summed E-state index contributed by atoms with van der Waals surface area (Å²) in [6.45, 7) is 1.23. The summed E-state index contributed by atoms with van der Waals surface area (Å²) in [7, 11) is 0. The Balaban J connectivity index is 3.82. The van der Waals surface area contributed by atoms with Crippen LogP contribution >= 0.6 is 0 Å². The summed E-state index contributed by atoms with van der Waals surface area (Å²) in [6.07, 6.45) is -1.26. The van der Waals surface area contributed by atoms with Crippen LogP contribution in [0.1, 0.15) is 6.92 Å². The molecule has 0 rings (SSSR count). The highest BCUT2D eigenvalue weighted by Gasteiger charge is 2.39. The molecule has 0 aliphatic carbocycles. The summed E-state index contributed by atoms with van der Waals surface area (Å²) >= 11 is 0. The van der Waals surface area contributed by atoms with Gasteiger partial charge in [0.1, 0.15) is 0 Å². The molecule has 0 aromatic heterocycles. The predicted octanol–water partition coefficient (Wildman–Crippen LogP) is 2.28. The highest BCUT2D eigenvalue weighted by molar-refractivity contribution is 4.88. The summed E-state index contributed by atoms with van der Waals surface area (Å²) in [5.74, 6) is -2.03. The maximum atomic E-state index is 11.9. The molecule has 0 aliphatic rings. The molecular weight excluding hydrogens is 183 g/mol. The topological polar surface area (TPSA) is 33.0 Å². The van der Waals surface area contributed by atoms with Crippen LogP contribution in [0.15, 0.2) is 12.2 Å². The second-order valence-electron chi connectivity index (χ2n) is 2.33. The normalized spacial score (nSPS) is 14.4. The van der Waals surface area contributed by atoms with Gasteiger partial charge in [-0.15, -0.1) is 0 Å². The van der Waals surface area contributed by atoms with E-state index < -0.39 is 18.7 Å². The molecule has 0 bridgehead atoms. The number of alkyl halides is 3. The van der Waals surface area contributed by atoms with Gasteiger partial charge in [0.2, 0.25) is 0 Å². The molecule has 0 amide bonds. The Bertz CT molecular complexity index is 204. The third kappa shape index (κ3) is 5.26. The van der Waals surface area contributed by atoms with Crippen LogP contribution in [0.5, 0.6) is 0 Å². The van der Waals surface area contributed by atoms with Gasteiger partial charge in [0.15, 0.2) is 5.92 Å². The standard InChI is InChI=1S/C8H10F3NO/c1-2-3-4-13-6-7(5-12)8(9,10)11/h2-3,7H,4,6H2,1H3/b3-2+. The largest absolute Gasteiger partial charge is 0.406 e. The second-order valence-corrected chi connectivity index (χ2v) is 2.33. The fourth-order valence-corrected chi connectivity index (χ4v) is 0.555. The van der Waals surface area contributed by atoms with Gasteiger partial charge in [-0.05, 0) is 6.92 Å². The summed E-state index contributed by atoms with van der Waals surface area (Å²) in [5, 5.41) is 8.15. The van der Waals surface area contributed by atoms with Crippen molar-refractivity contribution >= 4 is 0 Å². The first-order valence-corrected chi connectivity index (χ1v) is 3.67. The number of rotatable bonds is 4. The highest BCUT2D eigenvalue weighted by Crippen LogP contribution is 2.25. The zero-order valence-corrected chi connectivity index (χ0v) is 7.14. The first kappa shape index (κ1) is 12.0. The molecule has 0 spiro atoms. The summed E-state index contributed by atoms with van der Waals surface area (Å²) in [6, 6.07) is 1.14. The number of halogens is 3. The van der Waals surface area contributed by atoms with Gasteiger partial charge in [0, 0.05) is 0 Å². The van der Waals surface area contributed by atoms with Crippen molar-refractivity contribution in [1.29, 1.82) is 5.26 Å². The Morgan fingerprint density at radius 2 is 2.15 bits per heavy atom. The van der Waals surface area contributed by atoms with Crippen LogP contribution in [0.3, 0.4) is 0 Å². The van der Waals surface area contributed by atoms with Crippen molar-refractivity contribution in [1.82, 2.24) is 0 Å². The molecule has 0 N–H and O–H groups in total. The SMILES string of the molecule is C/C=C/COCC(C#N)C(F)(F)F. The molecule has 13 heavy (non-hydrogen) atoms. The zero-order valence-electron chi connectivity index (χ0n) is 7.14. The van der Waals surface area contributed by atoms with Gasteiger partial charge in [0.05, 0.1) is 19.3 Å². The molecule has 0 aromatic rings.